The number of nitrogens with zero attached hydrogens (tertiary/aromatic N) is 2. The number of imidazole rings is 1. The van der Waals surface area contributed by atoms with Crippen molar-refractivity contribution in [2.24, 2.45) is 11.8 Å². The molecule has 0 unspecified atom stereocenters. The molecule has 1 fully saturated rings. The molecule has 1 aromatic heterocycles. The molecule has 142 valence electrons. The van der Waals surface area contributed by atoms with Crippen molar-refractivity contribution in [1.82, 2.24) is 14.9 Å². The lowest BCUT2D eigenvalue weighted by atomic mass is 9.79. The third-order valence-corrected chi connectivity index (χ3v) is 5.88. The summed E-state index contributed by atoms with van der Waals surface area (Å²) in [5.41, 5.74) is 2.22. The second-order valence-electron chi connectivity index (χ2n) is 7.66. The minimum Gasteiger partial charge on any atom is -0.355 e. The zero-order valence-electron chi connectivity index (χ0n) is 16.3. The molecule has 1 aliphatic rings. The van der Waals surface area contributed by atoms with Gasteiger partial charge in [-0.25, -0.2) is 4.98 Å². The van der Waals surface area contributed by atoms with E-state index < -0.39 is 0 Å². The predicted molar refractivity (Wildman–Crippen MR) is 107 cm³/mol. The first-order valence-corrected chi connectivity index (χ1v) is 10.4. The van der Waals surface area contributed by atoms with E-state index in [0.717, 1.165) is 43.1 Å². The van der Waals surface area contributed by atoms with Gasteiger partial charge in [-0.2, -0.15) is 0 Å². The Morgan fingerprint density at radius 1 is 1.19 bits per heavy atom. The van der Waals surface area contributed by atoms with Crippen molar-refractivity contribution in [3.8, 4) is 0 Å². The Labute approximate surface area is 157 Å². The van der Waals surface area contributed by atoms with Gasteiger partial charge in [-0.05, 0) is 50.7 Å². The Bertz CT molecular complexity index is 713. The van der Waals surface area contributed by atoms with Crippen molar-refractivity contribution < 1.29 is 4.79 Å². The molecule has 26 heavy (non-hydrogen) atoms. The minimum absolute atomic E-state index is 0.220. The number of para-hydroxylation sites is 2. The zero-order valence-corrected chi connectivity index (χ0v) is 16.3. The van der Waals surface area contributed by atoms with Crippen LogP contribution < -0.4 is 5.32 Å². The number of benzene rings is 1. The smallest absolute Gasteiger partial charge is 0.223 e. The zero-order chi connectivity index (χ0) is 18.4. The third kappa shape index (κ3) is 4.46. The summed E-state index contributed by atoms with van der Waals surface area (Å²) in [6, 6.07) is 8.25. The molecule has 1 saturated carbocycles. The van der Waals surface area contributed by atoms with E-state index in [1.165, 1.54) is 37.6 Å². The summed E-state index contributed by atoms with van der Waals surface area (Å²) < 4.78 is 2.25. The lowest BCUT2D eigenvalue weighted by Crippen LogP contribution is -2.34. The number of aromatic nitrogens is 2. The minimum atomic E-state index is 0.220. The topological polar surface area (TPSA) is 46.9 Å². The van der Waals surface area contributed by atoms with Crippen LogP contribution in [0, 0.1) is 11.8 Å². The maximum atomic E-state index is 12.5. The summed E-state index contributed by atoms with van der Waals surface area (Å²) in [5, 5.41) is 3.16. The normalized spacial score (nSPS) is 20.4. The van der Waals surface area contributed by atoms with E-state index in [2.05, 4.69) is 41.9 Å². The number of amides is 1. The van der Waals surface area contributed by atoms with E-state index in [9.17, 15) is 4.79 Å². The number of hydrogen-bond donors (Lipinski definition) is 1. The number of hydrogen-bond acceptors (Lipinski definition) is 2. The Kier molecular flexibility index (Phi) is 6.70. The van der Waals surface area contributed by atoms with Gasteiger partial charge in [-0.15, -0.1) is 0 Å². The first-order valence-electron chi connectivity index (χ1n) is 10.4. The van der Waals surface area contributed by atoms with E-state index in [0.29, 0.717) is 6.54 Å². The second-order valence-corrected chi connectivity index (χ2v) is 7.66. The monoisotopic (exact) mass is 355 g/mol. The number of aryl methyl sites for hydroxylation is 1. The van der Waals surface area contributed by atoms with Gasteiger partial charge in [0.2, 0.25) is 5.91 Å². The van der Waals surface area contributed by atoms with E-state index in [1.54, 1.807) is 0 Å². The molecule has 1 aromatic carbocycles. The summed E-state index contributed by atoms with van der Waals surface area (Å²) in [6.07, 6.45) is 9.33. The number of unbranched alkanes of at least 4 members (excludes halogenated alkanes) is 1. The van der Waals surface area contributed by atoms with Crippen molar-refractivity contribution in [3.63, 3.8) is 0 Å². The molecule has 4 nitrogen and oxygen atoms in total. The first-order chi connectivity index (χ1) is 12.7. The molecular formula is C22H33N3O. The maximum Gasteiger partial charge on any atom is 0.223 e. The van der Waals surface area contributed by atoms with E-state index in [1.807, 2.05) is 6.07 Å². The molecule has 1 heterocycles. The molecule has 0 saturated heterocycles. The highest BCUT2D eigenvalue weighted by Crippen LogP contribution is 2.31. The van der Waals surface area contributed by atoms with Gasteiger partial charge in [0.1, 0.15) is 5.82 Å². The first kappa shape index (κ1) is 18.9. The molecule has 0 aliphatic heterocycles. The number of carbonyl (C=O) groups excluding carboxylic acids is 1. The van der Waals surface area contributed by atoms with Crippen LogP contribution in [-0.4, -0.2) is 22.0 Å². The van der Waals surface area contributed by atoms with Gasteiger partial charge in [-0.3, -0.25) is 4.79 Å². The molecule has 0 radical (unpaired) electrons. The number of fused-ring (bicyclic) bond motifs is 1. The van der Waals surface area contributed by atoms with Crippen LogP contribution in [0.3, 0.4) is 0 Å². The molecule has 0 bridgehead atoms. The summed E-state index contributed by atoms with van der Waals surface area (Å²) in [6.45, 7) is 5.99. The highest BCUT2D eigenvalue weighted by Gasteiger charge is 2.25. The van der Waals surface area contributed by atoms with E-state index in [4.69, 9.17) is 4.98 Å². The Morgan fingerprint density at radius 2 is 1.96 bits per heavy atom. The van der Waals surface area contributed by atoms with Crippen LogP contribution in [0.1, 0.15) is 64.6 Å². The van der Waals surface area contributed by atoms with Gasteiger partial charge in [0.25, 0.3) is 0 Å². The van der Waals surface area contributed by atoms with Crippen LogP contribution >= 0.6 is 0 Å². The highest BCUT2D eigenvalue weighted by atomic mass is 16.1. The van der Waals surface area contributed by atoms with Crippen molar-refractivity contribution >= 4 is 16.9 Å². The predicted octanol–water partition coefficient (Wildman–Crippen LogP) is 4.71. The summed E-state index contributed by atoms with van der Waals surface area (Å²) in [5.74, 6) is 2.39. The Balaban J connectivity index is 1.47. The van der Waals surface area contributed by atoms with Crippen molar-refractivity contribution in [3.05, 3.63) is 30.1 Å². The van der Waals surface area contributed by atoms with Gasteiger partial charge < -0.3 is 9.88 Å². The summed E-state index contributed by atoms with van der Waals surface area (Å²) >= 11 is 0. The Hall–Kier alpha value is -1.84. The average Bonchev–Trinajstić information content (AvgIpc) is 3.04. The maximum absolute atomic E-state index is 12.5. The van der Waals surface area contributed by atoms with E-state index in [-0.39, 0.29) is 11.8 Å². The fraction of sp³-hybridized carbons (Fsp3) is 0.636. The Morgan fingerprint density at radius 3 is 2.69 bits per heavy atom. The lowest BCUT2D eigenvalue weighted by Gasteiger charge is -2.27. The van der Waals surface area contributed by atoms with Gasteiger partial charge in [0.15, 0.2) is 0 Å². The van der Waals surface area contributed by atoms with Gasteiger partial charge in [0.05, 0.1) is 11.0 Å². The second kappa shape index (κ2) is 9.20. The van der Waals surface area contributed by atoms with Crippen molar-refractivity contribution in [1.29, 1.82) is 0 Å². The van der Waals surface area contributed by atoms with Crippen LogP contribution in [0.25, 0.3) is 11.0 Å². The van der Waals surface area contributed by atoms with E-state index >= 15 is 0 Å². The molecule has 3 rings (SSSR count). The number of nitrogens with one attached hydrogen (secondary N) is 1. The SMILES string of the molecule is CCCCC1CCC(C(=O)NCCc2nc3ccccc3n2CC)CC1. The summed E-state index contributed by atoms with van der Waals surface area (Å²) in [7, 11) is 0. The third-order valence-electron chi connectivity index (χ3n) is 5.88. The highest BCUT2D eigenvalue weighted by molar-refractivity contribution is 5.78. The lowest BCUT2D eigenvalue weighted by molar-refractivity contribution is -0.126. The largest absolute Gasteiger partial charge is 0.355 e. The van der Waals surface area contributed by atoms with Gasteiger partial charge >= 0.3 is 0 Å². The molecule has 1 amide bonds. The molecule has 0 spiro atoms. The van der Waals surface area contributed by atoms with Crippen LogP contribution in [0.4, 0.5) is 0 Å². The van der Waals surface area contributed by atoms with Crippen LogP contribution in [-0.2, 0) is 17.8 Å². The average molecular weight is 356 g/mol. The quantitative estimate of drug-likeness (QED) is 0.745. The molecular weight excluding hydrogens is 322 g/mol. The molecule has 1 N–H and O–H groups in total. The number of carbonyl (C=O) groups is 1. The van der Waals surface area contributed by atoms with Crippen LogP contribution in [0.15, 0.2) is 24.3 Å². The van der Waals surface area contributed by atoms with Crippen LogP contribution in [0.2, 0.25) is 0 Å². The van der Waals surface area contributed by atoms with Crippen molar-refractivity contribution in [2.75, 3.05) is 6.54 Å². The fourth-order valence-electron chi connectivity index (χ4n) is 4.32. The molecule has 1 aliphatic carbocycles. The summed E-state index contributed by atoms with van der Waals surface area (Å²) in [4.78, 5) is 17.2. The molecule has 2 aromatic rings. The molecule has 0 atom stereocenters. The molecule has 4 heteroatoms. The van der Waals surface area contributed by atoms with Gasteiger partial charge in [0, 0.05) is 25.4 Å². The number of rotatable bonds is 8. The standard InChI is InChI=1S/C22H33N3O/c1-3-5-8-17-11-13-18(14-12-17)22(26)23-16-15-21-24-19-9-6-7-10-20(19)25(21)4-2/h6-7,9-10,17-18H,3-5,8,11-16H2,1-2H3,(H,23,26). The fourth-order valence-corrected chi connectivity index (χ4v) is 4.32. The van der Waals surface area contributed by atoms with Crippen LogP contribution in [0.5, 0.6) is 0 Å². The van der Waals surface area contributed by atoms with Gasteiger partial charge in [-0.1, -0.05) is 38.3 Å². The van der Waals surface area contributed by atoms with Crippen molar-refractivity contribution in [2.45, 2.75) is 71.8 Å².